The van der Waals surface area contributed by atoms with Gasteiger partial charge in [-0.05, 0) is 43.3 Å². The molecule has 0 aliphatic carbocycles. The van der Waals surface area contributed by atoms with Crippen LogP contribution in [0, 0.1) is 0 Å². The van der Waals surface area contributed by atoms with E-state index in [4.69, 9.17) is 0 Å². The number of carbonyl (C=O) groups is 2. The molecule has 0 aliphatic rings. The fourth-order valence-corrected chi connectivity index (χ4v) is 2.35. The number of amides is 2. The van der Waals surface area contributed by atoms with Gasteiger partial charge in [0.05, 0.1) is 0 Å². The Morgan fingerprint density at radius 2 is 1.92 bits per heavy atom. The van der Waals surface area contributed by atoms with Crippen molar-refractivity contribution in [2.75, 3.05) is 11.9 Å². The number of hydrogen-bond donors (Lipinski definition) is 1. The highest BCUT2D eigenvalue weighted by Gasteiger charge is 2.10. The van der Waals surface area contributed by atoms with E-state index in [1.807, 2.05) is 6.92 Å². The van der Waals surface area contributed by atoms with Gasteiger partial charge < -0.3 is 14.8 Å². The molecule has 0 fully saturated rings. The second kappa shape index (κ2) is 8.10. The van der Waals surface area contributed by atoms with Crippen LogP contribution in [0.4, 0.5) is 5.69 Å². The van der Waals surface area contributed by atoms with Gasteiger partial charge in [0.25, 0.3) is 11.5 Å². The van der Waals surface area contributed by atoms with Gasteiger partial charge in [-0.2, -0.15) is 0 Å². The van der Waals surface area contributed by atoms with Crippen molar-refractivity contribution in [2.45, 2.75) is 20.0 Å². The van der Waals surface area contributed by atoms with Gasteiger partial charge in [-0.3, -0.25) is 14.4 Å². The topological polar surface area (TPSA) is 71.4 Å². The Morgan fingerprint density at radius 1 is 1.24 bits per heavy atom. The van der Waals surface area contributed by atoms with E-state index in [-0.39, 0.29) is 23.9 Å². The smallest absolute Gasteiger partial charge is 0.255 e. The summed E-state index contributed by atoms with van der Waals surface area (Å²) in [4.78, 5) is 37.4. The van der Waals surface area contributed by atoms with Crippen LogP contribution in [0.2, 0.25) is 0 Å². The zero-order valence-electron chi connectivity index (χ0n) is 14.4. The summed E-state index contributed by atoms with van der Waals surface area (Å²) in [6.07, 6.45) is 2.94. The highest BCUT2D eigenvalue weighted by molar-refractivity contribution is 6.01. The Labute approximate surface area is 146 Å². The predicted octanol–water partition coefficient (Wildman–Crippen LogP) is 1.95. The minimum absolute atomic E-state index is 0.106. The minimum Gasteiger partial charge on any atom is -0.348 e. The SMILES string of the molecule is C=CC(=O)N(C)c1ccc(C(=O)NCc2cccn(CC)c2=O)cc1. The van der Waals surface area contributed by atoms with Crippen LogP contribution in [0.5, 0.6) is 0 Å². The van der Waals surface area contributed by atoms with Crippen molar-refractivity contribution in [3.8, 4) is 0 Å². The molecule has 0 unspecified atom stereocenters. The molecule has 6 heteroatoms. The first-order valence-corrected chi connectivity index (χ1v) is 7.94. The first-order chi connectivity index (χ1) is 12.0. The molecule has 25 heavy (non-hydrogen) atoms. The fraction of sp³-hybridized carbons (Fsp3) is 0.211. The first-order valence-electron chi connectivity index (χ1n) is 7.94. The van der Waals surface area contributed by atoms with Crippen LogP contribution in [0.25, 0.3) is 0 Å². The standard InChI is InChI=1S/C19H21N3O3/c1-4-17(23)21(3)16-10-8-14(9-11-16)18(24)20-13-15-7-6-12-22(5-2)19(15)25/h4,6-12H,1,5,13H2,2-3H3,(H,20,24). The normalized spacial score (nSPS) is 10.2. The van der Waals surface area contributed by atoms with Crippen molar-refractivity contribution in [3.05, 3.63) is 76.7 Å². The fourth-order valence-electron chi connectivity index (χ4n) is 2.35. The number of pyridine rings is 1. The van der Waals surface area contributed by atoms with E-state index in [1.54, 1.807) is 54.2 Å². The molecule has 0 aliphatic heterocycles. The number of likely N-dealkylation sites (N-methyl/N-ethyl adjacent to an activating group) is 1. The molecule has 0 saturated carbocycles. The molecule has 2 aromatic rings. The zero-order valence-corrected chi connectivity index (χ0v) is 14.4. The highest BCUT2D eigenvalue weighted by Crippen LogP contribution is 2.14. The monoisotopic (exact) mass is 339 g/mol. The molecule has 2 amide bonds. The first kappa shape index (κ1) is 18.2. The van der Waals surface area contributed by atoms with Gasteiger partial charge in [-0.25, -0.2) is 0 Å². The molecular formula is C19H21N3O3. The predicted molar refractivity (Wildman–Crippen MR) is 97.6 cm³/mol. The van der Waals surface area contributed by atoms with Gasteiger partial charge in [0.1, 0.15) is 0 Å². The number of nitrogens with one attached hydrogen (secondary N) is 1. The Balaban J connectivity index is 2.05. The Morgan fingerprint density at radius 3 is 2.52 bits per heavy atom. The van der Waals surface area contributed by atoms with E-state index in [1.165, 1.54) is 11.0 Å². The molecule has 0 spiro atoms. The largest absolute Gasteiger partial charge is 0.348 e. The lowest BCUT2D eigenvalue weighted by molar-refractivity contribution is -0.113. The van der Waals surface area contributed by atoms with Gasteiger partial charge in [0, 0.05) is 43.1 Å². The van der Waals surface area contributed by atoms with Gasteiger partial charge in [-0.15, -0.1) is 0 Å². The summed E-state index contributed by atoms with van der Waals surface area (Å²) in [5.74, 6) is -0.510. The van der Waals surface area contributed by atoms with E-state index in [9.17, 15) is 14.4 Å². The van der Waals surface area contributed by atoms with E-state index < -0.39 is 0 Å². The summed E-state index contributed by atoms with van der Waals surface area (Å²) in [5, 5.41) is 2.74. The Kier molecular flexibility index (Phi) is 5.89. The van der Waals surface area contributed by atoms with E-state index in [0.29, 0.717) is 23.4 Å². The average molecular weight is 339 g/mol. The number of hydrogen-bond acceptors (Lipinski definition) is 3. The summed E-state index contributed by atoms with van der Waals surface area (Å²) in [5.41, 5.74) is 1.54. The molecule has 1 aromatic heterocycles. The van der Waals surface area contributed by atoms with Crippen LogP contribution < -0.4 is 15.8 Å². The number of nitrogens with zero attached hydrogens (tertiary/aromatic N) is 2. The minimum atomic E-state index is -0.282. The number of aromatic nitrogens is 1. The highest BCUT2D eigenvalue weighted by atomic mass is 16.2. The van der Waals surface area contributed by atoms with Crippen molar-refractivity contribution < 1.29 is 9.59 Å². The molecule has 0 saturated heterocycles. The molecule has 0 atom stereocenters. The summed E-state index contributed by atoms with van der Waals surface area (Å²) >= 11 is 0. The Bertz CT molecular complexity index is 838. The van der Waals surface area contributed by atoms with E-state index in [2.05, 4.69) is 11.9 Å². The van der Waals surface area contributed by atoms with Crippen molar-refractivity contribution in [3.63, 3.8) is 0 Å². The van der Waals surface area contributed by atoms with Crippen LogP contribution in [-0.4, -0.2) is 23.4 Å². The summed E-state index contributed by atoms with van der Waals surface area (Å²) < 4.78 is 1.59. The molecule has 1 N–H and O–H groups in total. The lowest BCUT2D eigenvalue weighted by atomic mass is 10.1. The van der Waals surface area contributed by atoms with Gasteiger partial charge in [0.2, 0.25) is 5.91 Å². The van der Waals surface area contributed by atoms with Crippen molar-refractivity contribution in [1.82, 2.24) is 9.88 Å². The van der Waals surface area contributed by atoms with Crippen LogP contribution in [-0.2, 0) is 17.9 Å². The van der Waals surface area contributed by atoms with Crippen LogP contribution in [0.15, 0.2) is 60.0 Å². The van der Waals surface area contributed by atoms with E-state index in [0.717, 1.165) is 0 Å². The maximum absolute atomic E-state index is 12.2. The van der Waals surface area contributed by atoms with Crippen LogP contribution >= 0.6 is 0 Å². The quantitative estimate of drug-likeness (QED) is 0.818. The third-order valence-electron chi connectivity index (χ3n) is 3.90. The lowest BCUT2D eigenvalue weighted by Gasteiger charge is -2.15. The third kappa shape index (κ3) is 4.23. The lowest BCUT2D eigenvalue weighted by Crippen LogP contribution is -2.29. The molecule has 0 bridgehead atoms. The summed E-state index contributed by atoms with van der Waals surface area (Å²) in [6, 6.07) is 10.1. The maximum atomic E-state index is 12.2. The number of rotatable bonds is 6. The summed E-state index contributed by atoms with van der Waals surface area (Å²) in [7, 11) is 1.63. The average Bonchev–Trinajstić information content (AvgIpc) is 2.65. The van der Waals surface area contributed by atoms with Crippen molar-refractivity contribution in [2.24, 2.45) is 0 Å². The molecule has 130 valence electrons. The number of benzene rings is 1. The number of carbonyl (C=O) groups excluding carboxylic acids is 2. The summed E-state index contributed by atoms with van der Waals surface area (Å²) in [6.45, 7) is 6.08. The Hall–Kier alpha value is -3.15. The van der Waals surface area contributed by atoms with E-state index >= 15 is 0 Å². The van der Waals surface area contributed by atoms with Gasteiger partial charge >= 0.3 is 0 Å². The van der Waals surface area contributed by atoms with Crippen molar-refractivity contribution in [1.29, 1.82) is 0 Å². The molecule has 6 nitrogen and oxygen atoms in total. The van der Waals surface area contributed by atoms with Crippen LogP contribution in [0.3, 0.4) is 0 Å². The van der Waals surface area contributed by atoms with Crippen LogP contribution in [0.1, 0.15) is 22.8 Å². The van der Waals surface area contributed by atoms with Crippen molar-refractivity contribution >= 4 is 17.5 Å². The molecule has 2 rings (SSSR count). The number of aryl methyl sites for hydroxylation is 1. The second-order valence-corrected chi connectivity index (χ2v) is 5.46. The third-order valence-corrected chi connectivity index (χ3v) is 3.90. The molecule has 0 radical (unpaired) electrons. The molecule has 1 heterocycles. The second-order valence-electron chi connectivity index (χ2n) is 5.46. The molecular weight excluding hydrogens is 318 g/mol. The maximum Gasteiger partial charge on any atom is 0.255 e. The molecule has 1 aromatic carbocycles. The number of anilines is 1. The zero-order chi connectivity index (χ0) is 18.4. The van der Waals surface area contributed by atoms with Gasteiger partial charge in [0.15, 0.2) is 0 Å². The van der Waals surface area contributed by atoms with Gasteiger partial charge in [-0.1, -0.05) is 12.6 Å².